The van der Waals surface area contributed by atoms with Crippen LogP contribution in [0.2, 0.25) is 0 Å². The number of fused-ring (bicyclic) bond motifs is 1. The van der Waals surface area contributed by atoms with Crippen LogP contribution >= 0.6 is 15.9 Å². The van der Waals surface area contributed by atoms with Crippen LogP contribution in [-0.4, -0.2) is 36.9 Å². The van der Waals surface area contributed by atoms with Crippen molar-refractivity contribution >= 4 is 27.9 Å². The van der Waals surface area contributed by atoms with Crippen LogP contribution in [0.15, 0.2) is 16.6 Å². The minimum absolute atomic E-state index is 0.0893. The molecule has 8 heteroatoms. The van der Waals surface area contributed by atoms with Gasteiger partial charge in [-0.15, -0.1) is 0 Å². The highest BCUT2D eigenvalue weighted by Crippen LogP contribution is 2.38. The van der Waals surface area contributed by atoms with E-state index < -0.39 is 12.0 Å². The van der Waals surface area contributed by atoms with E-state index in [4.69, 9.17) is 14.6 Å². The summed E-state index contributed by atoms with van der Waals surface area (Å²) in [6.45, 7) is 1.39. The van der Waals surface area contributed by atoms with Crippen LogP contribution in [-0.2, 0) is 11.3 Å². The average Bonchev–Trinajstić information content (AvgIpc) is 2.45. The molecule has 0 radical (unpaired) electrons. The Morgan fingerprint density at radius 3 is 2.76 bits per heavy atom. The molecule has 0 atom stereocenters. The highest BCUT2D eigenvalue weighted by atomic mass is 79.9. The minimum atomic E-state index is -0.953. The molecule has 0 fully saturated rings. The number of carboxylic acids is 1. The zero-order chi connectivity index (χ0) is 15.2. The van der Waals surface area contributed by atoms with Crippen molar-refractivity contribution in [1.82, 2.24) is 10.6 Å². The van der Waals surface area contributed by atoms with Crippen LogP contribution in [0.1, 0.15) is 12.0 Å². The maximum Gasteiger partial charge on any atom is 0.315 e. The summed E-state index contributed by atoms with van der Waals surface area (Å²) >= 11 is 3.40. The van der Waals surface area contributed by atoms with Gasteiger partial charge in [0.05, 0.1) is 10.9 Å². The standard InChI is InChI=1S/C13H15BrN2O5/c14-9-5-8(6-10-12(9)21-4-3-20-10)7-16-13(19)15-2-1-11(17)18/h5-6H,1-4,7H2,(H,17,18)(H2,15,16,19). The average molecular weight is 359 g/mol. The molecule has 1 aliphatic rings. The summed E-state index contributed by atoms with van der Waals surface area (Å²) in [5.74, 6) is 0.348. The lowest BCUT2D eigenvalue weighted by Crippen LogP contribution is -2.36. The largest absolute Gasteiger partial charge is 0.486 e. The molecular formula is C13H15BrN2O5. The van der Waals surface area contributed by atoms with Gasteiger partial charge in [0.2, 0.25) is 0 Å². The van der Waals surface area contributed by atoms with Crippen LogP contribution in [0.3, 0.4) is 0 Å². The lowest BCUT2D eigenvalue weighted by Gasteiger charge is -2.20. The number of aliphatic carboxylic acids is 1. The minimum Gasteiger partial charge on any atom is -0.486 e. The van der Waals surface area contributed by atoms with Gasteiger partial charge in [-0.25, -0.2) is 4.79 Å². The van der Waals surface area contributed by atoms with E-state index in [1.54, 1.807) is 6.07 Å². The summed E-state index contributed by atoms with van der Waals surface area (Å²) in [5.41, 5.74) is 0.847. The van der Waals surface area contributed by atoms with Gasteiger partial charge in [0.25, 0.3) is 0 Å². The Bertz CT molecular complexity index is 550. The van der Waals surface area contributed by atoms with E-state index in [9.17, 15) is 9.59 Å². The molecule has 0 spiro atoms. The highest BCUT2D eigenvalue weighted by molar-refractivity contribution is 9.10. The van der Waals surface area contributed by atoms with E-state index in [0.29, 0.717) is 31.3 Å². The van der Waals surface area contributed by atoms with Crippen molar-refractivity contribution in [3.63, 3.8) is 0 Å². The predicted molar refractivity (Wildman–Crippen MR) is 77.6 cm³/mol. The number of carboxylic acid groups (broad SMARTS) is 1. The molecule has 0 saturated carbocycles. The first-order chi connectivity index (χ1) is 10.1. The van der Waals surface area contributed by atoms with Crippen molar-refractivity contribution in [3.8, 4) is 11.5 Å². The number of amides is 2. The molecule has 0 unspecified atom stereocenters. The SMILES string of the molecule is O=C(O)CCNC(=O)NCc1cc(Br)c2c(c1)OCCO2. The maximum absolute atomic E-state index is 11.5. The van der Waals surface area contributed by atoms with Gasteiger partial charge in [-0.2, -0.15) is 0 Å². The van der Waals surface area contributed by atoms with Gasteiger partial charge < -0.3 is 25.2 Å². The lowest BCUT2D eigenvalue weighted by molar-refractivity contribution is -0.136. The third-order valence-electron chi connectivity index (χ3n) is 2.73. The summed E-state index contributed by atoms with van der Waals surface area (Å²) < 4.78 is 11.7. The second-order valence-corrected chi connectivity index (χ2v) is 5.21. The Hall–Kier alpha value is -1.96. The number of ether oxygens (including phenoxy) is 2. The first-order valence-electron chi connectivity index (χ1n) is 6.38. The molecule has 21 heavy (non-hydrogen) atoms. The topological polar surface area (TPSA) is 96.9 Å². The summed E-state index contributed by atoms with van der Waals surface area (Å²) in [5, 5.41) is 13.6. The monoisotopic (exact) mass is 358 g/mol. The first-order valence-corrected chi connectivity index (χ1v) is 7.17. The number of urea groups is 1. The number of hydrogen-bond donors (Lipinski definition) is 3. The number of carbonyl (C=O) groups excluding carboxylic acids is 1. The summed E-state index contributed by atoms with van der Waals surface area (Å²) in [4.78, 5) is 21.8. The van der Waals surface area contributed by atoms with Gasteiger partial charge in [-0.3, -0.25) is 4.79 Å². The second-order valence-electron chi connectivity index (χ2n) is 4.36. The number of nitrogens with one attached hydrogen (secondary N) is 2. The molecule has 114 valence electrons. The molecule has 2 rings (SSSR count). The highest BCUT2D eigenvalue weighted by Gasteiger charge is 2.16. The molecule has 3 N–H and O–H groups in total. The van der Waals surface area contributed by atoms with Crippen molar-refractivity contribution < 1.29 is 24.2 Å². The van der Waals surface area contributed by atoms with Crippen LogP contribution < -0.4 is 20.1 Å². The molecule has 0 saturated heterocycles. The van der Waals surface area contributed by atoms with E-state index in [-0.39, 0.29) is 13.0 Å². The number of hydrogen-bond acceptors (Lipinski definition) is 4. The second kappa shape index (κ2) is 7.16. The molecule has 0 aliphatic carbocycles. The maximum atomic E-state index is 11.5. The van der Waals surface area contributed by atoms with Gasteiger partial charge in [-0.1, -0.05) is 0 Å². The zero-order valence-corrected chi connectivity index (χ0v) is 12.7. The smallest absolute Gasteiger partial charge is 0.315 e. The Balaban J connectivity index is 1.87. The van der Waals surface area contributed by atoms with E-state index >= 15 is 0 Å². The van der Waals surface area contributed by atoms with Crippen LogP contribution in [0.4, 0.5) is 4.79 Å². The van der Waals surface area contributed by atoms with E-state index in [0.717, 1.165) is 10.0 Å². The molecule has 1 aliphatic heterocycles. The lowest BCUT2D eigenvalue weighted by atomic mass is 10.2. The van der Waals surface area contributed by atoms with Crippen LogP contribution in [0.5, 0.6) is 11.5 Å². The quantitative estimate of drug-likeness (QED) is 0.740. The van der Waals surface area contributed by atoms with E-state index in [1.807, 2.05) is 6.07 Å². The van der Waals surface area contributed by atoms with Gasteiger partial charge in [0.1, 0.15) is 13.2 Å². The normalized spacial score (nSPS) is 12.6. The van der Waals surface area contributed by atoms with E-state index in [2.05, 4.69) is 26.6 Å². The van der Waals surface area contributed by atoms with Gasteiger partial charge in [0, 0.05) is 13.1 Å². The number of benzene rings is 1. The first kappa shape index (κ1) is 15.4. The summed E-state index contributed by atoms with van der Waals surface area (Å²) in [6, 6.07) is 3.23. The molecule has 7 nitrogen and oxygen atoms in total. The Kier molecular flexibility index (Phi) is 5.26. The molecule has 1 heterocycles. The predicted octanol–water partition coefficient (Wildman–Crippen LogP) is 1.49. The van der Waals surface area contributed by atoms with Gasteiger partial charge in [0.15, 0.2) is 11.5 Å². The third kappa shape index (κ3) is 4.52. The number of carbonyl (C=O) groups is 2. The fraction of sp³-hybridized carbons (Fsp3) is 0.385. The molecule has 1 aromatic carbocycles. The van der Waals surface area contributed by atoms with Gasteiger partial charge >= 0.3 is 12.0 Å². The summed E-state index contributed by atoms with van der Waals surface area (Å²) in [6.07, 6.45) is -0.108. The van der Waals surface area contributed by atoms with Crippen molar-refractivity contribution in [3.05, 3.63) is 22.2 Å². The number of halogens is 1. The Morgan fingerprint density at radius 1 is 1.24 bits per heavy atom. The van der Waals surface area contributed by atoms with Crippen LogP contribution in [0, 0.1) is 0 Å². The van der Waals surface area contributed by atoms with Crippen molar-refractivity contribution in [2.45, 2.75) is 13.0 Å². The van der Waals surface area contributed by atoms with Crippen molar-refractivity contribution in [2.24, 2.45) is 0 Å². The number of rotatable bonds is 5. The van der Waals surface area contributed by atoms with Crippen molar-refractivity contribution in [1.29, 1.82) is 0 Å². The fourth-order valence-corrected chi connectivity index (χ4v) is 2.40. The molecule has 2 amide bonds. The molecular weight excluding hydrogens is 344 g/mol. The Morgan fingerprint density at radius 2 is 2.00 bits per heavy atom. The molecule has 0 bridgehead atoms. The van der Waals surface area contributed by atoms with Gasteiger partial charge in [-0.05, 0) is 33.6 Å². The fourth-order valence-electron chi connectivity index (χ4n) is 1.79. The molecule has 1 aromatic rings. The van der Waals surface area contributed by atoms with Crippen LogP contribution in [0.25, 0.3) is 0 Å². The molecule has 0 aromatic heterocycles. The Labute approximate surface area is 129 Å². The third-order valence-corrected chi connectivity index (χ3v) is 3.32. The van der Waals surface area contributed by atoms with E-state index in [1.165, 1.54) is 0 Å². The summed E-state index contributed by atoms with van der Waals surface area (Å²) in [7, 11) is 0. The zero-order valence-electron chi connectivity index (χ0n) is 11.1. The van der Waals surface area contributed by atoms with Crippen molar-refractivity contribution in [2.75, 3.05) is 19.8 Å².